The molecule has 1 N–H and O–H groups in total. The number of rotatable bonds is 1. The highest BCUT2D eigenvalue weighted by Gasteiger charge is 2.23. The van der Waals surface area contributed by atoms with Crippen LogP contribution in [0, 0.1) is 5.82 Å². The number of benzene rings is 2. The summed E-state index contributed by atoms with van der Waals surface area (Å²) in [6.45, 7) is 0. The SMILES string of the molecule is O=C(O)/C=C1\c2ccccc2-c2ccc(F)cc21. The van der Waals surface area contributed by atoms with E-state index in [0.29, 0.717) is 11.1 Å². The van der Waals surface area contributed by atoms with Crippen molar-refractivity contribution in [1.29, 1.82) is 0 Å². The van der Waals surface area contributed by atoms with E-state index in [2.05, 4.69) is 0 Å². The molecular weight excluding hydrogens is 231 g/mol. The topological polar surface area (TPSA) is 37.3 Å². The number of aliphatic carboxylic acids is 1. The van der Waals surface area contributed by atoms with Crippen LogP contribution in [0.4, 0.5) is 4.39 Å². The Hall–Kier alpha value is -2.42. The van der Waals surface area contributed by atoms with E-state index in [1.807, 2.05) is 24.3 Å². The summed E-state index contributed by atoms with van der Waals surface area (Å²) >= 11 is 0. The molecule has 0 amide bonds. The van der Waals surface area contributed by atoms with Gasteiger partial charge in [-0.25, -0.2) is 9.18 Å². The van der Waals surface area contributed by atoms with Gasteiger partial charge in [-0.1, -0.05) is 30.3 Å². The van der Waals surface area contributed by atoms with Crippen molar-refractivity contribution in [3.63, 3.8) is 0 Å². The molecule has 2 aromatic rings. The van der Waals surface area contributed by atoms with E-state index in [1.165, 1.54) is 12.1 Å². The first kappa shape index (κ1) is 10.7. The monoisotopic (exact) mass is 240 g/mol. The van der Waals surface area contributed by atoms with E-state index in [0.717, 1.165) is 22.8 Å². The number of hydrogen-bond acceptors (Lipinski definition) is 1. The van der Waals surface area contributed by atoms with Crippen LogP contribution >= 0.6 is 0 Å². The van der Waals surface area contributed by atoms with E-state index in [1.54, 1.807) is 6.07 Å². The van der Waals surface area contributed by atoms with Gasteiger partial charge in [0.1, 0.15) is 5.82 Å². The maximum atomic E-state index is 13.3. The fourth-order valence-corrected chi connectivity index (χ4v) is 2.35. The molecule has 0 aromatic heterocycles. The fourth-order valence-electron chi connectivity index (χ4n) is 2.35. The highest BCUT2D eigenvalue weighted by molar-refractivity contribution is 6.06. The Morgan fingerprint density at radius 3 is 2.39 bits per heavy atom. The Balaban J connectivity index is 2.35. The summed E-state index contributed by atoms with van der Waals surface area (Å²) in [5.41, 5.74) is 3.85. The molecule has 0 aliphatic heterocycles. The molecule has 0 atom stereocenters. The van der Waals surface area contributed by atoms with Crippen LogP contribution in [0.5, 0.6) is 0 Å². The van der Waals surface area contributed by atoms with Crippen LogP contribution in [0.25, 0.3) is 16.7 Å². The molecule has 0 unspecified atom stereocenters. The zero-order chi connectivity index (χ0) is 12.7. The highest BCUT2D eigenvalue weighted by Crippen LogP contribution is 2.44. The molecule has 0 spiro atoms. The van der Waals surface area contributed by atoms with E-state index < -0.39 is 5.97 Å². The van der Waals surface area contributed by atoms with Gasteiger partial charge < -0.3 is 5.11 Å². The number of halogens is 1. The normalized spacial score (nSPS) is 14.4. The summed E-state index contributed by atoms with van der Waals surface area (Å²) in [7, 11) is 0. The first-order valence-corrected chi connectivity index (χ1v) is 5.51. The van der Waals surface area contributed by atoms with Crippen molar-refractivity contribution in [2.24, 2.45) is 0 Å². The average Bonchev–Trinajstić information content (AvgIpc) is 2.63. The fraction of sp³-hybridized carbons (Fsp3) is 0. The lowest BCUT2D eigenvalue weighted by molar-refractivity contribution is -0.131. The first-order valence-electron chi connectivity index (χ1n) is 5.51. The zero-order valence-corrected chi connectivity index (χ0v) is 9.35. The first-order chi connectivity index (χ1) is 8.66. The molecule has 0 heterocycles. The molecule has 18 heavy (non-hydrogen) atoms. The smallest absolute Gasteiger partial charge is 0.328 e. The molecule has 0 fully saturated rings. The van der Waals surface area contributed by atoms with Crippen molar-refractivity contribution in [1.82, 2.24) is 0 Å². The van der Waals surface area contributed by atoms with Crippen molar-refractivity contribution in [2.75, 3.05) is 0 Å². The minimum Gasteiger partial charge on any atom is -0.478 e. The molecule has 1 aliphatic rings. The maximum Gasteiger partial charge on any atom is 0.328 e. The van der Waals surface area contributed by atoms with Gasteiger partial charge in [-0.15, -0.1) is 0 Å². The predicted octanol–water partition coefficient (Wildman–Crippen LogP) is 3.32. The van der Waals surface area contributed by atoms with Crippen LogP contribution in [0.3, 0.4) is 0 Å². The van der Waals surface area contributed by atoms with Crippen molar-refractivity contribution >= 4 is 11.5 Å². The van der Waals surface area contributed by atoms with Gasteiger partial charge in [0.15, 0.2) is 0 Å². The maximum absolute atomic E-state index is 13.3. The number of carboxylic acids is 1. The number of fused-ring (bicyclic) bond motifs is 3. The van der Waals surface area contributed by atoms with Gasteiger partial charge in [0, 0.05) is 6.08 Å². The van der Waals surface area contributed by atoms with Crippen LogP contribution in [-0.2, 0) is 4.79 Å². The Kier molecular flexibility index (Phi) is 2.27. The van der Waals surface area contributed by atoms with Crippen LogP contribution in [0.15, 0.2) is 48.5 Å². The van der Waals surface area contributed by atoms with Gasteiger partial charge in [-0.05, 0) is 40.0 Å². The Morgan fingerprint density at radius 1 is 1.00 bits per heavy atom. The van der Waals surface area contributed by atoms with E-state index in [9.17, 15) is 9.18 Å². The Morgan fingerprint density at radius 2 is 1.67 bits per heavy atom. The minimum absolute atomic E-state index is 0.363. The summed E-state index contributed by atoms with van der Waals surface area (Å²) in [6, 6.07) is 11.9. The van der Waals surface area contributed by atoms with E-state index >= 15 is 0 Å². The second kappa shape index (κ2) is 3.81. The standard InChI is InChI=1S/C15H9FO2/c16-9-5-6-12-10-3-1-2-4-11(10)14(8-15(17)18)13(12)7-9/h1-8H,(H,17,18)/b14-8+. The van der Waals surface area contributed by atoms with Crippen LogP contribution in [-0.4, -0.2) is 11.1 Å². The highest BCUT2D eigenvalue weighted by atomic mass is 19.1. The number of carbonyl (C=O) groups is 1. The Bertz CT molecular complexity index is 687. The van der Waals surface area contributed by atoms with Crippen molar-refractivity contribution in [2.45, 2.75) is 0 Å². The summed E-state index contributed by atoms with van der Waals surface area (Å²) in [5, 5.41) is 8.92. The van der Waals surface area contributed by atoms with Gasteiger partial charge >= 0.3 is 5.97 Å². The zero-order valence-electron chi connectivity index (χ0n) is 9.35. The van der Waals surface area contributed by atoms with Crippen molar-refractivity contribution in [3.05, 3.63) is 65.5 Å². The van der Waals surface area contributed by atoms with Gasteiger partial charge in [-0.2, -0.15) is 0 Å². The molecule has 0 saturated carbocycles. The average molecular weight is 240 g/mol. The molecule has 3 heteroatoms. The van der Waals surface area contributed by atoms with Crippen LogP contribution < -0.4 is 0 Å². The number of carboxylic acid groups (broad SMARTS) is 1. The molecule has 88 valence electrons. The molecule has 2 aromatic carbocycles. The lowest BCUT2D eigenvalue weighted by atomic mass is 10.0. The van der Waals surface area contributed by atoms with Gasteiger partial charge in [0.2, 0.25) is 0 Å². The van der Waals surface area contributed by atoms with Gasteiger partial charge in [0.05, 0.1) is 0 Å². The quantitative estimate of drug-likeness (QED) is 0.662. The minimum atomic E-state index is -1.03. The summed E-state index contributed by atoms with van der Waals surface area (Å²) < 4.78 is 13.3. The molecule has 0 bridgehead atoms. The summed E-state index contributed by atoms with van der Waals surface area (Å²) in [6.07, 6.45) is 1.13. The third-order valence-electron chi connectivity index (χ3n) is 3.05. The second-order valence-electron chi connectivity index (χ2n) is 4.13. The number of hydrogen-bond donors (Lipinski definition) is 1. The van der Waals surface area contributed by atoms with Crippen molar-refractivity contribution < 1.29 is 14.3 Å². The van der Waals surface area contributed by atoms with Gasteiger partial charge in [-0.3, -0.25) is 0 Å². The summed E-state index contributed by atoms with van der Waals surface area (Å²) in [4.78, 5) is 10.9. The third-order valence-corrected chi connectivity index (χ3v) is 3.05. The molecule has 1 aliphatic carbocycles. The molecule has 0 radical (unpaired) electrons. The van der Waals surface area contributed by atoms with E-state index in [4.69, 9.17) is 5.11 Å². The van der Waals surface area contributed by atoms with Crippen LogP contribution in [0.2, 0.25) is 0 Å². The predicted molar refractivity (Wildman–Crippen MR) is 66.6 cm³/mol. The lowest BCUT2D eigenvalue weighted by Gasteiger charge is -2.00. The lowest BCUT2D eigenvalue weighted by Crippen LogP contribution is -1.91. The molecule has 2 nitrogen and oxygen atoms in total. The third kappa shape index (κ3) is 1.52. The second-order valence-corrected chi connectivity index (χ2v) is 4.13. The molecular formula is C15H9FO2. The largest absolute Gasteiger partial charge is 0.478 e. The molecule has 0 saturated heterocycles. The van der Waals surface area contributed by atoms with Gasteiger partial charge in [0.25, 0.3) is 0 Å². The van der Waals surface area contributed by atoms with E-state index in [-0.39, 0.29) is 5.82 Å². The van der Waals surface area contributed by atoms with Crippen LogP contribution in [0.1, 0.15) is 11.1 Å². The summed E-state index contributed by atoms with van der Waals surface area (Å²) in [5.74, 6) is -1.39. The van der Waals surface area contributed by atoms with Crippen molar-refractivity contribution in [3.8, 4) is 11.1 Å². The Labute approximate surface area is 103 Å². The molecule has 3 rings (SSSR count).